The molecule has 1 spiro atoms. The molecule has 4 aromatic rings. The number of hydrogen-bond acceptors (Lipinski definition) is 4. The van der Waals surface area contributed by atoms with Crippen LogP contribution in [0.15, 0.2) is 60.7 Å². The first-order valence-corrected chi connectivity index (χ1v) is 13.4. The van der Waals surface area contributed by atoms with Gasteiger partial charge >= 0.3 is 0 Å². The molecule has 188 valence electrons. The van der Waals surface area contributed by atoms with Crippen LogP contribution >= 0.6 is 0 Å². The maximum Gasteiger partial charge on any atom is 0.235 e. The molecule has 2 fully saturated rings. The lowest BCUT2D eigenvalue weighted by molar-refractivity contribution is -0.118. The quantitative estimate of drug-likeness (QED) is 0.346. The number of nitrogens with zero attached hydrogens (tertiary/aromatic N) is 2. The largest absolute Gasteiger partial charge is 0.497 e. The van der Waals surface area contributed by atoms with Gasteiger partial charge in [-0.1, -0.05) is 37.6 Å². The summed E-state index contributed by atoms with van der Waals surface area (Å²) in [5.41, 5.74) is 7.00. The molecule has 37 heavy (non-hydrogen) atoms. The Morgan fingerprint density at radius 3 is 2.62 bits per heavy atom. The van der Waals surface area contributed by atoms with E-state index in [0.29, 0.717) is 0 Å². The second kappa shape index (κ2) is 8.37. The number of anilines is 2. The van der Waals surface area contributed by atoms with E-state index in [2.05, 4.69) is 69.8 Å². The summed E-state index contributed by atoms with van der Waals surface area (Å²) in [5.74, 6) is 1.89. The zero-order chi connectivity index (χ0) is 25.1. The highest BCUT2D eigenvalue weighted by atomic mass is 16.5. The zero-order valence-electron chi connectivity index (χ0n) is 21.4. The van der Waals surface area contributed by atoms with Crippen LogP contribution in [-0.2, 0) is 10.2 Å². The van der Waals surface area contributed by atoms with Gasteiger partial charge in [0.25, 0.3) is 0 Å². The number of fused-ring (bicyclic) bond motifs is 3. The van der Waals surface area contributed by atoms with Gasteiger partial charge in [0.1, 0.15) is 5.75 Å². The van der Waals surface area contributed by atoms with Gasteiger partial charge in [0, 0.05) is 41.3 Å². The Hall–Kier alpha value is -3.80. The summed E-state index contributed by atoms with van der Waals surface area (Å²) in [5, 5.41) is 12.1. The maximum absolute atomic E-state index is 13.0. The number of carbonyl (C=O) groups excluding carboxylic acids is 1. The van der Waals surface area contributed by atoms with E-state index in [1.165, 1.54) is 30.5 Å². The van der Waals surface area contributed by atoms with Crippen LogP contribution in [0.1, 0.15) is 49.7 Å². The molecule has 0 unspecified atom stereocenters. The smallest absolute Gasteiger partial charge is 0.235 e. The van der Waals surface area contributed by atoms with Gasteiger partial charge in [-0.2, -0.15) is 5.10 Å². The molecule has 3 heterocycles. The number of piperidine rings is 1. The number of aromatic amines is 1. The van der Waals surface area contributed by atoms with E-state index in [-0.39, 0.29) is 11.8 Å². The summed E-state index contributed by atoms with van der Waals surface area (Å²) < 4.78 is 5.43. The first kappa shape index (κ1) is 22.4. The Morgan fingerprint density at radius 2 is 1.86 bits per heavy atom. The standard InChI is InChI=1S/C31H32N4O2/c1-3-19-12-14-35(15-13-19)22-7-4-20(5-8-22)29-24-10-6-21(16-28(24)33-34-29)26-18-31(26)25-17-23(37-2)9-11-27(25)32-30(31)36/h4-11,16-17,19,26H,3,12-15,18H2,1-2H3,(H,32,36)(H,33,34)/t26-,31-/m0/s1. The van der Waals surface area contributed by atoms with E-state index >= 15 is 0 Å². The van der Waals surface area contributed by atoms with Crippen molar-refractivity contribution in [2.45, 2.75) is 43.9 Å². The predicted octanol–water partition coefficient (Wildman–Crippen LogP) is 6.24. The Bertz CT molecular complexity index is 1500. The van der Waals surface area contributed by atoms with Crippen molar-refractivity contribution >= 4 is 28.2 Å². The van der Waals surface area contributed by atoms with E-state index in [9.17, 15) is 4.79 Å². The van der Waals surface area contributed by atoms with Crippen LogP contribution < -0.4 is 15.0 Å². The molecule has 6 nitrogen and oxygen atoms in total. The molecule has 1 aliphatic carbocycles. The van der Waals surface area contributed by atoms with Gasteiger partial charge in [-0.15, -0.1) is 0 Å². The van der Waals surface area contributed by atoms with Crippen molar-refractivity contribution in [2.75, 3.05) is 30.4 Å². The summed E-state index contributed by atoms with van der Waals surface area (Å²) in [6.45, 7) is 4.59. The molecule has 3 aliphatic rings. The van der Waals surface area contributed by atoms with E-state index in [0.717, 1.165) is 64.6 Å². The summed E-state index contributed by atoms with van der Waals surface area (Å²) in [7, 11) is 1.66. The van der Waals surface area contributed by atoms with Crippen molar-refractivity contribution in [2.24, 2.45) is 5.92 Å². The first-order chi connectivity index (χ1) is 18.1. The van der Waals surface area contributed by atoms with Crippen LogP contribution in [-0.4, -0.2) is 36.3 Å². The minimum absolute atomic E-state index is 0.0881. The first-order valence-electron chi connectivity index (χ1n) is 13.4. The minimum Gasteiger partial charge on any atom is -0.497 e. The Kier molecular flexibility index (Phi) is 5.07. The number of hydrogen-bond donors (Lipinski definition) is 2. The van der Waals surface area contributed by atoms with Crippen molar-refractivity contribution < 1.29 is 9.53 Å². The van der Waals surface area contributed by atoms with Gasteiger partial charge < -0.3 is 15.0 Å². The number of carbonyl (C=O) groups is 1. The molecular weight excluding hydrogens is 460 g/mol. The minimum atomic E-state index is -0.498. The molecule has 6 heteroatoms. The van der Waals surface area contributed by atoms with E-state index in [1.807, 2.05) is 18.2 Å². The second-order valence-electron chi connectivity index (χ2n) is 10.9. The molecule has 1 saturated heterocycles. The molecule has 3 aromatic carbocycles. The SMILES string of the molecule is CCC1CCN(c2ccc(-c3n[nH]c4cc([C@@H]5C[C@@]56C(=O)Nc5ccc(OC)cc56)ccc34)cc2)CC1. The lowest BCUT2D eigenvalue weighted by Gasteiger charge is -2.33. The number of nitrogens with one attached hydrogen (secondary N) is 2. The van der Waals surface area contributed by atoms with E-state index in [4.69, 9.17) is 4.74 Å². The molecule has 2 atom stereocenters. The van der Waals surface area contributed by atoms with Gasteiger partial charge in [0.05, 0.1) is 23.7 Å². The van der Waals surface area contributed by atoms with Crippen LogP contribution in [0.5, 0.6) is 5.75 Å². The maximum atomic E-state index is 13.0. The zero-order valence-corrected chi connectivity index (χ0v) is 21.4. The number of aromatic nitrogens is 2. The fourth-order valence-corrected chi connectivity index (χ4v) is 6.60. The van der Waals surface area contributed by atoms with Crippen molar-refractivity contribution in [1.82, 2.24) is 10.2 Å². The Morgan fingerprint density at radius 1 is 1.05 bits per heavy atom. The number of ether oxygens (including phenoxy) is 1. The molecular formula is C31H32N4O2. The fraction of sp³-hybridized carbons (Fsp3) is 0.355. The molecule has 0 bridgehead atoms. The topological polar surface area (TPSA) is 70.2 Å². The van der Waals surface area contributed by atoms with Gasteiger partial charge in [-0.3, -0.25) is 9.89 Å². The van der Waals surface area contributed by atoms with E-state index < -0.39 is 5.41 Å². The molecule has 0 radical (unpaired) electrons. The third-order valence-corrected chi connectivity index (χ3v) is 9.01. The lowest BCUT2D eigenvalue weighted by atomic mass is 9.91. The highest BCUT2D eigenvalue weighted by molar-refractivity contribution is 6.10. The fourth-order valence-electron chi connectivity index (χ4n) is 6.60. The predicted molar refractivity (Wildman–Crippen MR) is 147 cm³/mol. The van der Waals surface area contributed by atoms with Crippen LogP contribution in [0, 0.1) is 5.92 Å². The number of benzene rings is 3. The third-order valence-electron chi connectivity index (χ3n) is 9.01. The van der Waals surface area contributed by atoms with Gasteiger partial charge in [0.2, 0.25) is 5.91 Å². The van der Waals surface area contributed by atoms with Gasteiger partial charge in [0.15, 0.2) is 0 Å². The normalized spacial score (nSPS) is 22.9. The highest BCUT2D eigenvalue weighted by Crippen LogP contribution is 2.65. The van der Waals surface area contributed by atoms with Gasteiger partial charge in [-0.05, 0) is 72.7 Å². The molecule has 1 amide bonds. The van der Waals surface area contributed by atoms with Crippen molar-refractivity contribution in [3.05, 3.63) is 71.8 Å². The summed E-state index contributed by atoms with van der Waals surface area (Å²) in [6, 6.07) is 21.2. The summed E-state index contributed by atoms with van der Waals surface area (Å²) in [6.07, 6.45) is 4.67. The molecule has 2 aliphatic heterocycles. The number of methoxy groups -OCH3 is 1. The molecule has 1 saturated carbocycles. The number of rotatable bonds is 5. The van der Waals surface area contributed by atoms with Crippen molar-refractivity contribution in [1.29, 1.82) is 0 Å². The van der Waals surface area contributed by atoms with Gasteiger partial charge in [-0.25, -0.2) is 0 Å². The summed E-state index contributed by atoms with van der Waals surface area (Å²) >= 11 is 0. The molecule has 2 N–H and O–H groups in total. The van der Waals surface area contributed by atoms with Crippen LogP contribution in [0.2, 0.25) is 0 Å². The van der Waals surface area contributed by atoms with Crippen LogP contribution in [0.4, 0.5) is 11.4 Å². The average molecular weight is 493 g/mol. The Balaban J connectivity index is 1.14. The van der Waals surface area contributed by atoms with Crippen molar-refractivity contribution in [3.8, 4) is 17.0 Å². The average Bonchev–Trinajstić information content (AvgIpc) is 3.47. The third kappa shape index (κ3) is 3.45. The van der Waals surface area contributed by atoms with Crippen LogP contribution in [0.25, 0.3) is 22.2 Å². The monoisotopic (exact) mass is 492 g/mol. The van der Waals surface area contributed by atoms with Crippen LogP contribution in [0.3, 0.4) is 0 Å². The summed E-state index contributed by atoms with van der Waals surface area (Å²) in [4.78, 5) is 15.6. The lowest BCUT2D eigenvalue weighted by Crippen LogP contribution is -2.33. The van der Waals surface area contributed by atoms with E-state index in [1.54, 1.807) is 7.11 Å². The second-order valence-corrected chi connectivity index (χ2v) is 10.9. The Labute approximate surface area is 217 Å². The number of H-pyrrole nitrogens is 1. The molecule has 1 aromatic heterocycles. The molecule has 7 rings (SSSR count). The highest BCUT2D eigenvalue weighted by Gasteiger charge is 2.65. The van der Waals surface area contributed by atoms with Crippen molar-refractivity contribution in [3.63, 3.8) is 0 Å². The number of amides is 1.